The maximum Gasteiger partial charge on any atom is 0.303 e. The summed E-state index contributed by atoms with van der Waals surface area (Å²) in [5, 5.41) is 0. The number of carbonyl (C=O) groups excluding carboxylic acids is 4. The van der Waals surface area contributed by atoms with E-state index in [1.807, 2.05) is 0 Å². The number of carbonyl (C=O) groups is 4. The highest BCUT2D eigenvalue weighted by molar-refractivity contribution is 5.68. The molecule has 150 valence electrons. The van der Waals surface area contributed by atoms with E-state index in [1.165, 1.54) is 6.92 Å². The predicted octanol–water partition coefficient (Wildman–Crippen LogP) is -0.281. The highest BCUT2D eigenvalue weighted by Crippen LogP contribution is 2.29. The molecule has 0 amide bonds. The standard InChI is InChI=1S/C17H22O10/c1-6-7-22-17-16(26-12(5)21)15(25-11(4)20)14(24-10(3)19)13(27-17)8-23-9(2)18/h1,13-17H,7-8H2,2-5H3/t13?,14-,15?,16?,17-/m1/s1. The van der Waals surface area contributed by atoms with Crippen LogP contribution < -0.4 is 0 Å². The Labute approximate surface area is 156 Å². The first-order valence-corrected chi connectivity index (χ1v) is 8.01. The van der Waals surface area contributed by atoms with Crippen molar-refractivity contribution in [3.05, 3.63) is 0 Å². The molecule has 10 nitrogen and oxygen atoms in total. The van der Waals surface area contributed by atoms with Gasteiger partial charge < -0.3 is 28.4 Å². The van der Waals surface area contributed by atoms with E-state index in [-0.39, 0.29) is 13.2 Å². The minimum atomic E-state index is -1.27. The monoisotopic (exact) mass is 386 g/mol. The van der Waals surface area contributed by atoms with Crippen molar-refractivity contribution >= 4 is 23.9 Å². The Morgan fingerprint density at radius 2 is 1.37 bits per heavy atom. The van der Waals surface area contributed by atoms with Crippen LogP contribution in [0.3, 0.4) is 0 Å². The molecule has 0 aromatic carbocycles. The molecule has 0 radical (unpaired) electrons. The van der Waals surface area contributed by atoms with E-state index < -0.39 is 54.6 Å². The average Bonchev–Trinajstić information content (AvgIpc) is 2.54. The van der Waals surface area contributed by atoms with Crippen molar-refractivity contribution in [1.29, 1.82) is 0 Å². The molecular formula is C17H22O10. The maximum absolute atomic E-state index is 11.6. The molecule has 1 aliphatic heterocycles. The Morgan fingerprint density at radius 3 is 1.85 bits per heavy atom. The molecule has 0 spiro atoms. The molecule has 0 aromatic rings. The SMILES string of the molecule is C#CCO[C@@H]1OC(COC(C)=O)[C@@H](OC(C)=O)C(OC(C)=O)C1OC(C)=O. The van der Waals surface area contributed by atoms with Crippen molar-refractivity contribution in [2.24, 2.45) is 0 Å². The lowest BCUT2D eigenvalue weighted by molar-refractivity contribution is -0.305. The Hall–Kier alpha value is -2.64. The van der Waals surface area contributed by atoms with Gasteiger partial charge in [-0.05, 0) is 0 Å². The second-order valence-corrected chi connectivity index (χ2v) is 5.58. The summed E-state index contributed by atoms with van der Waals surface area (Å²) in [5.74, 6) is -0.519. The number of hydrogen-bond donors (Lipinski definition) is 0. The van der Waals surface area contributed by atoms with Gasteiger partial charge in [0.15, 0.2) is 24.6 Å². The molecule has 1 fully saturated rings. The molecule has 5 atom stereocenters. The third-order valence-electron chi connectivity index (χ3n) is 3.28. The zero-order valence-corrected chi connectivity index (χ0v) is 15.5. The molecule has 10 heteroatoms. The lowest BCUT2D eigenvalue weighted by Crippen LogP contribution is -2.62. The van der Waals surface area contributed by atoms with Crippen LogP contribution in [-0.2, 0) is 47.6 Å². The summed E-state index contributed by atoms with van der Waals surface area (Å²) in [5.41, 5.74) is 0. The minimum absolute atomic E-state index is 0.201. The number of hydrogen-bond acceptors (Lipinski definition) is 10. The van der Waals surface area contributed by atoms with Gasteiger partial charge in [0.1, 0.15) is 19.3 Å². The van der Waals surface area contributed by atoms with Crippen LogP contribution in [0.25, 0.3) is 0 Å². The summed E-state index contributed by atoms with van der Waals surface area (Å²) in [4.78, 5) is 45.7. The Kier molecular flexibility index (Phi) is 8.71. The summed E-state index contributed by atoms with van der Waals surface area (Å²) in [6.07, 6.45) is -0.894. The normalized spacial score (nSPS) is 27.0. The lowest BCUT2D eigenvalue weighted by atomic mass is 9.98. The van der Waals surface area contributed by atoms with E-state index in [1.54, 1.807) is 0 Å². The summed E-state index contributed by atoms with van der Waals surface area (Å²) in [6.45, 7) is 4.05. The van der Waals surface area contributed by atoms with Crippen LogP contribution >= 0.6 is 0 Å². The highest BCUT2D eigenvalue weighted by atomic mass is 16.7. The largest absolute Gasteiger partial charge is 0.463 e. The molecule has 3 unspecified atom stereocenters. The average molecular weight is 386 g/mol. The van der Waals surface area contributed by atoms with Crippen LogP contribution in [0.2, 0.25) is 0 Å². The van der Waals surface area contributed by atoms with Crippen molar-refractivity contribution in [2.75, 3.05) is 13.2 Å². The quantitative estimate of drug-likeness (QED) is 0.328. The maximum atomic E-state index is 11.6. The van der Waals surface area contributed by atoms with Gasteiger partial charge in [-0.15, -0.1) is 6.42 Å². The van der Waals surface area contributed by atoms with Crippen LogP contribution in [0.1, 0.15) is 27.7 Å². The van der Waals surface area contributed by atoms with Crippen molar-refractivity contribution < 1.29 is 47.6 Å². The molecule has 0 N–H and O–H groups in total. The fourth-order valence-corrected chi connectivity index (χ4v) is 2.45. The van der Waals surface area contributed by atoms with Gasteiger partial charge in [-0.1, -0.05) is 5.92 Å². The van der Waals surface area contributed by atoms with Crippen molar-refractivity contribution in [2.45, 2.75) is 58.4 Å². The summed E-state index contributed by atoms with van der Waals surface area (Å²) in [7, 11) is 0. The molecule has 0 bridgehead atoms. The second-order valence-electron chi connectivity index (χ2n) is 5.58. The zero-order chi connectivity index (χ0) is 20.6. The molecule has 0 aliphatic carbocycles. The van der Waals surface area contributed by atoms with Gasteiger partial charge >= 0.3 is 23.9 Å². The Bertz CT molecular complexity index is 607. The van der Waals surface area contributed by atoms with E-state index in [0.717, 1.165) is 20.8 Å². The van der Waals surface area contributed by atoms with Crippen LogP contribution in [-0.4, -0.2) is 67.8 Å². The van der Waals surface area contributed by atoms with E-state index in [0.29, 0.717) is 0 Å². The van der Waals surface area contributed by atoms with E-state index >= 15 is 0 Å². The van der Waals surface area contributed by atoms with E-state index in [2.05, 4.69) is 5.92 Å². The number of rotatable bonds is 7. The number of terminal acetylenes is 1. The van der Waals surface area contributed by atoms with Crippen molar-refractivity contribution in [3.8, 4) is 12.3 Å². The highest BCUT2D eigenvalue weighted by Gasteiger charge is 2.52. The fourth-order valence-electron chi connectivity index (χ4n) is 2.45. The Morgan fingerprint density at radius 1 is 0.852 bits per heavy atom. The summed E-state index contributed by atoms with van der Waals surface area (Å²) >= 11 is 0. The predicted molar refractivity (Wildman–Crippen MR) is 86.7 cm³/mol. The van der Waals surface area contributed by atoms with Gasteiger partial charge in [0.25, 0.3) is 0 Å². The van der Waals surface area contributed by atoms with E-state index in [9.17, 15) is 19.2 Å². The number of esters is 4. The van der Waals surface area contributed by atoms with Gasteiger partial charge in [-0.3, -0.25) is 19.2 Å². The van der Waals surface area contributed by atoms with Crippen LogP contribution in [0.15, 0.2) is 0 Å². The van der Waals surface area contributed by atoms with Gasteiger partial charge in [0, 0.05) is 27.7 Å². The van der Waals surface area contributed by atoms with Gasteiger partial charge in [0.05, 0.1) is 0 Å². The first kappa shape index (κ1) is 22.4. The topological polar surface area (TPSA) is 124 Å². The van der Waals surface area contributed by atoms with Gasteiger partial charge in [-0.2, -0.15) is 0 Å². The van der Waals surface area contributed by atoms with Gasteiger partial charge in [-0.25, -0.2) is 0 Å². The second kappa shape index (κ2) is 10.5. The summed E-state index contributed by atoms with van der Waals surface area (Å²) in [6, 6.07) is 0. The lowest BCUT2D eigenvalue weighted by Gasteiger charge is -2.43. The molecular weight excluding hydrogens is 364 g/mol. The van der Waals surface area contributed by atoms with Gasteiger partial charge in [0.2, 0.25) is 0 Å². The van der Waals surface area contributed by atoms with Crippen LogP contribution in [0.5, 0.6) is 0 Å². The number of ether oxygens (including phenoxy) is 6. The molecule has 1 aliphatic rings. The molecule has 1 rings (SSSR count). The van der Waals surface area contributed by atoms with Crippen LogP contribution in [0, 0.1) is 12.3 Å². The van der Waals surface area contributed by atoms with Crippen molar-refractivity contribution in [3.63, 3.8) is 0 Å². The molecule has 0 aromatic heterocycles. The first-order chi connectivity index (χ1) is 12.6. The molecule has 27 heavy (non-hydrogen) atoms. The smallest absolute Gasteiger partial charge is 0.303 e. The Balaban J connectivity index is 3.25. The third kappa shape index (κ3) is 7.24. The summed E-state index contributed by atoms with van der Waals surface area (Å²) < 4.78 is 31.5. The molecule has 0 saturated carbocycles. The minimum Gasteiger partial charge on any atom is -0.463 e. The molecule has 1 saturated heterocycles. The zero-order valence-electron chi connectivity index (χ0n) is 15.5. The third-order valence-corrected chi connectivity index (χ3v) is 3.28. The van der Waals surface area contributed by atoms with E-state index in [4.69, 9.17) is 34.8 Å². The fraction of sp³-hybridized carbons (Fsp3) is 0.647. The van der Waals surface area contributed by atoms with Crippen molar-refractivity contribution in [1.82, 2.24) is 0 Å². The first-order valence-electron chi connectivity index (χ1n) is 8.01. The van der Waals surface area contributed by atoms with Crippen LogP contribution in [0.4, 0.5) is 0 Å². The molecule has 1 heterocycles.